The van der Waals surface area contributed by atoms with Crippen LogP contribution in [0.15, 0.2) is 0 Å². The zero-order valence-corrected chi connectivity index (χ0v) is 12.2. The summed E-state index contributed by atoms with van der Waals surface area (Å²) in [7, 11) is 2.07. The van der Waals surface area contributed by atoms with Gasteiger partial charge < -0.3 is 10.1 Å². The van der Waals surface area contributed by atoms with Gasteiger partial charge in [0.2, 0.25) is 0 Å². The summed E-state index contributed by atoms with van der Waals surface area (Å²) < 4.78 is 6.11. The van der Waals surface area contributed by atoms with Gasteiger partial charge in [-0.3, -0.25) is 0 Å². The molecule has 17 heavy (non-hydrogen) atoms. The molecular weight excluding hydrogens is 210 g/mol. The van der Waals surface area contributed by atoms with E-state index in [-0.39, 0.29) is 0 Å². The van der Waals surface area contributed by atoms with Crippen LogP contribution in [0.1, 0.15) is 65.7 Å². The predicted molar refractivity (Wildman–Crippen MR) is 74.4 cm³/mol. The third-order valence-electron chi connectivity index (χ3n) is 4.04. The number of ether oxygens (including phenoxy) is 1. The quantitative estimate of drug-likeness (QED) is 0.685. The molecule has 0 amide bonds. The number of nitrogens with one attached hydrogen (secondary N) is 1. The second kappa shape index (κ2) is 7.38. The zero-order chi connectivity index (χ0) is 12.7. The molecule has 102 valence electrons. The minimum absolute atomic E-state index is 0.422. The molecule has 0 aliphatic heterocycles. The summed E-state index contributed by atoms with van der Waals surface area (Å²) in [6.07, 6.45) is 9.37. The van der Waals surface area contributed by atoms with Gasteiger partial charge >= 0.3 is 0 Å². The largest absolute Gasteiger partial charge is 0.377 e. The van der Waals surface area contributed by atoms with Gasteiger partial charge in [-0.15, -0.1) is 0 Å². The molecule has 0 aromatic heterocycles. The van der Waals surface area contributed by atoms with E-state index in [0.29, 0.717) is 17.6 Å². The average Bonchev–Trinajstić information content (AvgIpc) is 2.28. The molecule has 1 N–H and O–H groups in total. The van der Waals surface area contributed by atoms with Crippen LogP contribution in [-0.2, 0) is 4.74 Å². The molecular formula is C15H31NO. The Hall–Kier alpha value is -0.0800. The van der Waals surface area contributed by atoms with E-state index in [0.717, 1.165) is 6.61 Å². The average molecular weight is 241 g/mol. The highest BCUT2D eigenvalue weighted by Crippen LogP contribution is 2.36. The van der Waals surface area contributed by atoms with Crippen LogP contribution in [0.25, 0.3) is 0 Å². The normalized spacial score (nSPS) is 28.2. The third kappa shape index (κ3) is 5.39. The van der Waals surface area contributed by atoms with Gasteiger partial charge in [-0.2, -0.15) is 0 Å². The van der Waals surface area contributed by atoms with Gasteiger partial charge in [-0.25, -0.2) is 0 Å². The van der Waals surface area contributed by atoms with E-state index in [1.807, 2.05) is 0 Å². The molecule has 0 aromatic rings. The molecule has 0 aromatic carbocycles. The molecule has 0 bridgehead atoms. The van der Waals surface area contributed by atoms with Crippen molar-refractivity contribution >= 4 is 0 Å². The van der Waals surface area contributed by atoms with Crippen molar-refractivity contribution in [3.63, 3.8) is 0 Å². The summed E-state index contributed by atoms with van der Waals surface area (Å²) in [4.78, 5) is 0. The van der Waals surface area contributed by atoms with Gasteiger partial charge in [0.25, 0.3) is 0 Å². The molecule has 1 saturated carbocycles. The van der Waals surface area contributed by atoms with Crippen LogP contribution in [0.4, 0.5) is 0 Å². The van der Waals surface area contributed by atoms with Crippen molar-refractivity contribution in [3.8, 4) is 0 Å². The lowest BCUT2D eigenvalue weighted by Gasteiger charge is -2.40. The van der Waals surface area contributed by atoms with Crippen LogP contribution >= 0.6 is 0 Å². The van der Waals surface area contributed by atoms with Gasteiger partial charge in [0.1, 0.15) is 0 Å². The highest BCUT2D eigenvalue weighted by Gasteiger charge is 2.34. The summed E-state index contributed by atoms with van der Waals surface area (Å²) in [5.74, 6) is 0. The number of hydrogen-bond donors (Lipinski definition) is 1. The summed E-state index contributed by atoms with van der Waals surface area (Å²) in [6, 6.07) is 0.564. The predicted octanol–water partition coefficient (Wildman–Crippen LogP) is 3.75. The molecule has 0 radical (unpaired) electrons. The van der Waals surface area contributed by atoms with E-state index in [9.17, 15) is 0 Å². The lowest BCUT2D eigenvalue weighted by atomic mass is 9.74. The van der Waals surface area contributed by atoms with E-state index in [4.69, 9.17) is 4.74 Å². The third-order valence-corrected chi connectivity index (χ3v) is 4.04. The molecule has 1 rings (SSSR count). The van der Waals surface area contributed by atoms with Crippen molar-refractivity contribution in [3.05, 3.63) is 0 Å². The molecule has 1 fully saturated rings. The Labute approximate surface area is 108 Å². The first-order valence-corrected chi connectivity index (χ1v) is 7.38. The fourth-order valence-corrected chi connectivity index (χ4v) is 2.79. The van der Waals surface area contributed by atoms with Crippen molar-refractivity contribution in [2.45, 2.75) is 77.9 Å². The van der Waals surface area contributed by atoms with E-state index in [1.165, 1.54) is 44.9 Å². The Morgan fingerprint density at radius 1 is 1.24 bits per heavy atom. The second-order valence-corrected chi connectivity index (χ2v) is 6.27. The van der Waals surface area contributed by atoms with Crippen LogP contribution in [0.2, 0.25) is 0 Å². The molecule has 1 aliphatic carbocycles. The molecule has 1 aliphatic rings. The van der Waals surface area contributed by atoms with Gasteiger partial charge in [-0.05, 0) is 38.1 Å². The van der Waals surface area contributed by atoms with Crippen molar-refractivity contribution < 1.29 is 4.74 Å². The Morgan fingerprint density at radius 2 is 2.00 bits per heavy atom. The van der Waals surface area contributed by atoms with Crippen molar-refractivity contribution in [2.75, 3.05) is 13.7 Å². The molecule has 2 nitrogen and oxygen atoms in total. The first-order chi connectivity index (χ1) is 8.09. The van der Waals surface area contributed by atoms with Crippen molar-refractivity contribution in [2.24, 2.45) is 5.41 Å². The van der Waals surface area contributed by atoms with Gasteiger partial charge in [0.15, 0.2) is 0 Å². The van der Waals surface area contributed by atoms with Gasteiger partial charge in [0, 0.05) is 12.6 Å². The minimum Gasteiger partial charge on any atom is -0.377 e. The molecule has 0 saturated heterocycles. The number of likely N-dealkylation sites (N-methyl/N-ethyl adjacent to an activating group) is 1. The summed E-state index contributed by atoms with van der Waals surface area (Å²) in [5, 5.41) is 3.42. The van der Waals surface area contributed by atoms with E-state index < -0.39 is 0 Å². The Bertz CT molecular complexity index is 203. The van der Waals surface area contributed by atoms with Gasteiger partial charge in [0.05, 0.1) is 6.10 Å². The highest BCUT2D eigenvalue weighted by molar-refractivity contribution is 4.89. The standard InChI is InChI=1S/C15H31NO/c1-5-6-7-8-11-17-14-12-15(2,3)10-9-13(14)16-4/h13-14,16H,5-12H2,1-4H3. The highest BCUT2D eigenvalue weighted by atomic mass is 16.5. The van der Waals surface area contributed by atoms with Crippen LogP contribution in [0.3, 0.4) is 0 Å². The summed E-state index contributed by atoms with van der Waals surface area (Å²) in [6.45, 7) is 7.93. The second-order valence-electron chi connectivity index (χ2n) is 6.27. The molecule has 2 heteroatoms. The van der Waals surface area contributed by atoms with Crippen LogP contribution in [-0.4, -0.2) is 25.8 Å². The first kappa shape index (κ1) is 15.0. The molecule has 0 heterocycles. The van der Waals surface area contributed by atoms with Crippen LogP contribution in [0.5, 0.6) is 0 Å². The van der Waals surface area contributed by atoms with Crippen LogP contribution in [0, 0.1) is 5.41 Å². The van der Waals surface area contributed by atoms with Crippen LogP contribution < -0.4 is 5.32 Å². The topological polar surface area (TPSA) is 21.3 Å². The molecule has 0 spiro atoms. The Kier molecular flexibility index (Phi) is 6.50. The lowest BCUT2D eigenvalue weighted by molar-refractivity contribution is -0.0276. The minimum atomic E-state index is 0.422. The van der Waals surface area contributed by atoms with E-state index in [1.54, 1.807) is 0 Å². The SMILES string of the molecule is CCCCCCOC1CC(C)(C)CCC1NC. The maximum absolute atomic E-state index is 6.11. The fourth-order valence-electron chi connectivity index (χ4n) is 2.79. The smallest absolute Gasteiger partial charge is 0.0733 e. The Morgan fingerprint density at radius 3 is 2.65 bits per heavy atom. The number of rotatable bonds is 7. The Balaban J connectivity index is 2.27. The number of hydrogen-bond acceptors (Lipinski definition) is 2. The van der Waals surface area contributed by atoms with Gasteiger partial charge in [-0.1, -0.05) is 40.0 Å². The summed E-state index contributed by atoms with van der Waals surface area (Å²) >= 11 is 0. The fraction of sp³-hybridized carbons (Fsp3) is 1.00. The summed E-state index contributed by atoms with van der Waals surface area (Å²) in [5.41, 5.74) is 0.460. The zero-order valence-electron chi connectivity index (χ0n) is 12.2. The van der Waals surface area contributed by atoms with E-state index >= 15 is 0 Å². The monoisotopic (exact) mass is 241 g/mol. The van der Waals surface area contributed by atoms with Crippen molar-refractivity contribution in [1.82, 2.24) is 5.32 Å². The lowest BCUT2D eigenvalue weighted by Crippen LogP contribution is -2.46. The maximum Gasteiger partial charge on any atom is 0.0733 e. The number of unbranched alkanes of at least 4 members (excludes halogenated alkanes) is 3. The molecule has 2 atom stereocenters. The molecule has 2 unspecified atom stereocenters. The first-order valence-electron chi connectivity index (χ1n) is 7.38. The van der Waals surface area contributed by atoms with Crippen molar-refractivity contribution in [1.29, 1.82) is 0 Å². The van der Waals surface area contributed by atoms with E-state index in [2.05, 4.69) is 33.1 Å². The maximum atomic E-state index is 6.11.